The second-order valence-corrected chi connectivity index (χ2v) is 8.07. The molecule has 0 spiro atoms. The first-order valence-electron chi connectivity index (χ1n) is 10.4. The maximum absolute atomic E-state index is 13.1. The van der Waals surface area contributed by atoms with E-state index in [9.17, 15) is 9.59 Å². The molecule has 2 aliphatic rings. The third kappa shape index (κ3) is 4.30. The fraction of sp³-hybridized carbons (Fsp3) is 0.391. The molecule has 0 aliphatic carbocycles. The predicted molar refractivity (Wildman–Crippen MR) is 118 cm³/mol. The standard InChI is InChI=1S/C23H26ClN3O3/c1-2-15-30-20-9-7-19(8-10-20)27-22(28)16-21(23(27)29)26-13-11-25(12-14-26)18-5-3-17(24)4-6-18/h3-10,21H,2,11-16H2,1H3. The number of imide groups is 1. The average Bonchev–Trinajstić information content (AvgIpc) is 3.07. The number of amides is 2. The maximum Gasteiger partial charge on any atom is 0.251 e. The van der Waals surface area contributed by atoms with Gasteiger partial charge in [-0.25, -0.2) is 4.90 Å². The highest BCUT2D eigenvalue weighted by Gasteiger charge is 2.43. The van der Waals surface area contributed by atoms with Crippen molar-refractivity contribution >= 4 is 34.8 Å². The van der Waals surface area contributed by atoms with Crippen molar-refractivity contribution in [1.29, 1.82) is 0 Å². The number of halogens is 1. The summed E-state index contributed by atoms with van der Waals surface area (Å²) in [4.78, 5) is 31.4. The maximum atomic E-state index is 13.1. The van der Waals surface area contributed by atoms with Crippen LogP contribution < -0.4 is 14.5 Å². The summed E-state index contributed by atoms with van der Waals surface area (Å²) in [6.45, 7) is 5.79. The van der Waals surface area contributed by atoms with Crippen molar-refractivity contribution in [2.45, 2.75) is 25.8 Å². The lowest BCUT2D eigenvalue weighted by molar-refractivity contribution is -0.123. The third-order valence-electron chi connectivity index (χ3n) is 5.64. The van der Waals surface area contributed by atoms with Crippen LogP contribution in [-0.4, -0.2) is 55.5 Å². The van der Waals surface area contributed by atoms with Crippen LogP contribution in [0.15, 0.2) is 48.5 Å². The summed E-state index contributed by atoms with van der Waals surface area (Å²) in [7, 11) is 0. The molecule has 2 aromatic carbocycles. The summed E-state index contributed by atoms with van der Waals surface area (Å²) < 4.78 is 5.59. The van der Waals surface area contributed by atoms with Crippen LogP contribution in [0.4, 0.5) is 11.4 Å². The molecule has 1 unspecified atom stereocenters. The Balaban J connectivity index is 1.39. The van der Waals surface area contributed by atoms with E-state index in [0.29, 0.717) is 12.3 Å². The third-order valence-corrected chi connectivity index (χ3v) is 5.89. The van der Waals surface area contributed by atoms with Gasteiger partial charge in [-0.05, 0) is 55.0 Å². The summed E-state index contributed by atoms with van der Waals surface area (Å²) in [5, 5.41) is 0.720. The molecule has 4 rings (SSSR count). The van der Waals surface area contributed by atoms with Gasteiger partial charge in [-0.15, -0.1) is 0 Å². The fourth-order valence-electron chi connectivity index (χ4n) is 4.03. The van der Waals surface area contributed by atoms with Gasteiger partial charge >= 0.3 is 0 Å². The van der Waals surface area contributed by atoms with Crippen molar-refractivity contribution in [3.8, 4) is 5.75 Å². The Bertz CT molecular complexity index is 893. The van der Waals surface area contributed by atoms with E-state index in [2.05, 4.69) is 9.80 Å². The van der Waals surface area contributed by atoms with Crippen molar-refractivity contribution in [3.05, 3.63) is 53.6 Å². The van der Waals surface area contributed by atoms with E-state index >= 15 is 0 Å². The lowest BCUT2D eigenvalue weighted by Gasteiger charge is -2.38. The minimum Gasteiger partial charge on any atom is -0.494 e. The predicted octanol–water partition coefficient (Wildman–Crippen LogP) is 3.58. The van der Waals surface area contributed by atoms with Crippen LogP contribution >= 0.6 is 11.6 Å². The molecule has 0 bridgehead atoms. The second kappa shape index (κ2) is 9.06. The van der Waals surface area contributed by atoms with E-state index in [-0.39, 0.29) is 24.3 Å². The van der Waals surface area contributed by atoms with Gasteiger partial charge in [0.2, 0.25) is 5.91 Å². The molecule has 2 saturated heterocycles. The number of ether oxygens (including phenoxy) is 1. The summed E-state index contributed by atoms with van der Waals surface area (Å²) in [5.41, 5.74) is 1.73. The highest BCUT2D eigenvalue weighted by Crippen LogP contribution is 2.28. The molecule has 2 aromatic rings. The van der Waals surface area contributed by atoms with Gasteiger partial charge in [-0.2, -0.15) is 0 Å². The zero-order valence-corrected chi connectivity index (χ0v) is 17.8. The van der Waals surface area contributed by atoms with E-state index in [0.717, 1.165) is 49.1 Å². The molecule has 0 saturated carbocycles. The van der Waals surface area contributed by atoms with Gasteiger partial charge in [0.05, 0.1) is 24.8 Å². The molecule has 2 fully saturated rings. The van der Waals surface area contributed by atoms with Gasteiger partial charge in [0.25, 0.3) is 5.91 Å². The lowest BCUT2D eigenvalue weighted by atomic mass is 10.1. The Morgan fingerprint density at radius 1 is 0.933 bits per heavy atom. The quantitative estimate of drug-likeness (QED) is 0.659. The van der Waals surface area contributed by atoms with Crippen molar-refractivity contribution < 1.29 is 14.3 Å². The SMILES string of the molecule is CCCOc1ccc(N2C(=O)CC(N3CCN(c4ccc(Cl)cc4)CC3)C2=O)cc1. The van der Waals surface area contributed by atoms with E-state index in [1.807, 2.05) is 43.3 Å². The number of piperazine rings is 1. The molecule has 7 heteroatoms. The average molecular weight is 428 g/mol. The molecule has 2 heterocycles. The number of rotatable bonds is 6. The summed E-state index contributed by atoms with van der Waals surface area (Å²) in [6.07, 6.45) is 1.16. The number of carbonyl (C=O) groups excluding carboxylic acids is 2. The minimum atomic E-state index is -0.388. The highest BCUT2D eigenvalue weighted by atomic mass is 35.5. The summed E-state index contributed by atoms with van der Waals surface area (Å²) >= 11 is 5.98. The van der Waals surface area contributed by atoms with E-state index in [4.69, 9.17) is 16.3 Å². The molecule has 1 atom stereocenters. The van der Waals surface area contributed by atoms with Crippen LogP contribution in [0.3, 0.4) is 0 Å². The first-order valence-corrected chi connectivity index (χ1v) is 10.8. The van der Waals surface area contributed by atoms with Crippen molar-refractivity contribution in [2.24, 2.45) is 0 Å². The van der Waals surface area contributed by atoms with E-state index < -0.39 is 0 Å². The number of benzene rings is 2. The Kier molecular flexibility index (Phi) is 6.25. The van der Waals surface area contributed by atoms with Crippen LogP contribution in [0.25, 0.3) is 0 Å². The molecule has 0 radical (unpaired) electrons. The number of hydrogen-bond donors (Lipinski definition) is 0. The molecule has 0 aromatic heterocycles. The van der Waals surface area contributed by atoms with Gasteiger partial charge < -0.3 is 9.64 Å². The first kappa shape index (κ1) is 20.7. The second-order valence-electron chi connectivity index (χ2n) is 7.63. The fourth-order valence-corrected chi connectivity index (χ4v) is 4.15. The molecular formula is C23H26ClN3O3. The van der Waals surface area contributed by atoms with Crippen molar-refractivity contribution in [3.63, 3.8) is 0 Å². The Labute approximate surface area is 182 Å². The number of anilines is 2. The Morgan fingerprint density at radius 2 is 1.57 bits per heavy atom. The summed E-state index contributed by atoms with van der Waals surface area (Å²) in [6, 6.07) is 14.6. The topological polar surface area (TPSA) is 53.1 Å². The van der Waals surface area contributed by atoms with Crippen LogP contribution in [0, 0.1) is 0 Å². The van der Waals surface area contributed by atoms with Gasteiger partial charge in [0, 0.05) is 36.9 Å². The lowest BCUT2D eigenvalue weighted by Crippen LogP contribution is -2.52. The monoisotopic (exact) mass is 427 g/mol. The van der Waals surface area contributed by atoms with Crippen molar-refractivity contribution in [1.82, 2.24) is 4.90 Å². The highest BCUT2D eigenvalue weighted by molar-refractivity contribution is 6.30. The molecule has 158 valence electrons. The number of carbonyl (C=O) groups is 2. The van der Waals surface area contributed by atoms with E-state index in [1.54, 1.807) is 12.1 Å². The zero-order valence-electron chi connectivity index (χ0n) is 17.1. The number of hydrogen-bond acceptors (Lipinski definition) is 5. The smallest absolute Gasteiger partial charge is 0.251 e. The van der Waals surface area contributed by atoms with Crippen LogP contribution in [0.5, 0.6) is 5.75 Å². The number of nitrogens with zero attached hydrogens (tertiary/aromatic N) is 3. The van der Waals surface area contributed by atoms with Crippen molar-refractivity contribution in [2.75, 3.05) is 42.6 Å². The largest absolute Gasteiger partial charge is 0.494 e. The van der Waals surface area contributed by atoms with E-state index in [1.165, 1.54) is 4.90 Å². The Morgan fingerprint density at radius 3 is 2.20 bits per heavy atom. The van der Waals surface area contributed by atoms with Gasteiger partial charge in [-0.3, -0.25) is 14.5 Å². The molecule has 30 heavy (non-hydrogen) atoms. The van der Waals surface area contributed by atoms with Gasteiger partial charge in [0.1, 0.15) is 5.75 Å². The normalized spacial score (nSPS) is 20.1. The zero-order chi connectivity index (χ0) is 21.1. The molecule has 2 aliphatic heterocycles. The summed E-state index contributed by atoms with van der Waals surface area (Å²) in [5.74, 6) is 0.462. The first-order chi connectivity index (χ1) is 14.6. The van der Waals surface area contributed by atoms with Gasteiger partial charge in [-0.1, -0.05) is 18.5 Å². The van der Waals surface area contributed by atoms with Crippen LogP contribution in [0.2, 0.25) is 5.02 Å². The Hall–Kier alpha value is -2.57. The van der Waals surface area contributed by atoms with Crippen LogP contribution in [0.1, 0.15) is 19.8 Å². The van der Waals surface area contributed by atoms with Gasteiger partial charge in [0.15, 0.2) is 0 Å². The molecule has 0 N–H and O–H groups in total. The van der Waals surface area contributed by atoms with Crippen LogP contribution in [-0.2, 0) is 9.59 Å². The minimum absolute atomic E-state index is 0.137. The molecule has 6 nitrogen and oxygen atoms in total. The molecule has 2 amide bonds. The molecular weight excluding hydrogens is 402 g/mol.